The van der Waals surface area contributed by atoms with E-state index < -0.39 is 9.71 Å². The summed E-state index contributed by atoms with van der Waals surface area (Å²) < 4.78 is 35.3. The highest BCUT2D eigenvalue weighted by Crippen LogP contribution is 2.47. The molecule has 47 heavy (non-hydrogen) atoms. The average Bonchev–Trinajstić information content (AvgIpc) is 3.51. The first-order valence-electron chi connectivity index (χ1n) is 16.9. The van der Waals surface area contributed by atoms with Crippen molar-refractivity contribution in [1.29, 1.82) is 0 Å². The minimum absolute atomic E-state index is 0.113. The molecule has 1 N–H and O–H groups in total. The Morgan fingerprint density at radius 1 is 1.21 bits per heavy atom. The van der Waals surface area contributed by atoms with Gasteiger partial charge in [0.1, 0.15) is 18.6 Å². The fourth-order valence-corrected chi connectivity index (χ4v) is 9.93. The minimum Gasteiger partial charge on any atom is -0.490 e. The molecule has 1 fully saturated rings. The van der Waals surface area contributed by atoms with Crippen LogP contribution in [0.3, 0.4) is 0 Å². The molecule has 2 aromatic carbocycles. The van der Waals surface area contributed by atoms with E-state index in [1.54, 1.807) is 18.5 Å². The lowest BCUT2D eigenvalue weighted by Gasteiger charge is -2.46. The van der Waals surface area contributed by atoms with Crippen LogP contribution >= 0.6 is 11.6 Å². The zero-order valence-corrected chi connectivity index (χ0v) is 28.6. The molecular weight excluding hydrogens is 634 g/mol. The summed E-state index contributed by atoms with van der Waals surface area (Å²) in [6.07, 6.45) is 14.6. The SMILES string of the molecule is C=S1(=O)NC(=O)c2ccc3c(c2)N(C[C@@H]2CC[C@H]2[C@@H](OCc2ncco2)/C=C/CC[C@H]1CC)C[C@@]1(CCCc2cc(Cl)ccc21)CO3. The van der Waals surface area contributed by atoms with Crippen LogP contribution in [-0.2, 0) is 32.9 Å². The van der Waals surface area contributed by atoms with E-state index in [1.807, 2.05) is 25.1 Å². The number of amides is 1. The molecule has 4 aliphatic rings. The lowest BCUT2D eigenvalue weighted by Crippen LogP contribution is -2.49. The molecule has 2 aliphatic heterocycles. The van der Waals surface area contributed by atoms with E-state index in [9.17, 15) is 9.00 Å². The summed E-state index contributed by atoms with van der Waals surface area (Å²) in [6.45, 7) is 4.39. The third-order valence-corrected chi connectivity index (χ3v) is 13.2. The number of allylic oxidation sites excluding steroid dienone is 1. The minimum atomic E-state index is -2.90. The normalized spacial score (nSPS) is 31.4. The van der Waals surface area contributed by atoms with Crippen LogP contribution in [-0.4, -0.2) is 52.0 Å². The first kappa shape index (κ1) is 32.3. The van der Waals surface area contributed by atoms with Gasteiger partial charge >= 0.3 is 0 Å². The van der Waals surface area contributed by atoms with Crippen molar-refractivity contribution in [3.63, 3.8) is 0 Å². The Morgan fingerprint density at radius 2 is 2.11 bits per heavy atom. The smallest absolute Gasteiger partial charge is 0.262 e. The average molecular weight is 678 g/mol. The highest BCUT2D eigenvalue weighted by molar-refractivity contribution is 7.99. The van der Waals surface area contributed by atoms with Crippen LogP contribution in [0.4, 0.5) is 5.69 Å². The van der Waals surface area contributed by atoms with Crippen LogP contribution in [0.1, 0.15) is 79.2 Å². The van der Waals surface area contributed by atoms with Gasteiger partial charge in [-0.15, -0.1) is 0 Å². The second-order valence-electron chi connectivity index (χ2n) is 13.7. The van der Waals surface area contributed by atoms with E-state index in [0.717, 1.165) is 61.7 Å². The molecule has 1 saturated carbocycles. The summed E-state index contributed by atoms with van der Waals surface area (Å²) in [5, 5.41) is 0.500. The molecule has 8 nitrogen and oxygen atoms in total. The summed E-state index contributed by atoms with van der Waals surface area (Å²) in [5.41, 5.74) is 3.71. The van der Waals surface area contributed by atoms with E-state index in [2.05, 4.69) is 44.8 Å². The van der Waals surface area contributed by atoms with Gasteiger partial charge in [-0.05, 0) is 111 Å². The van der Waals surface area contributed by atoms with Crippen LogP contribution in [0.5, 0.6) is 5.75 Å². The third kappa shape index (κ3) is 6.59. The fraction of sp³-hybridized carbons (Fsp3) is 0.486. The number of carbonyl (C=O) groups excluding carboxylic acids is 1. The van der Waals surface area contributed by atoms with Crippen LogP contribution in [0.2, 0.25) is 5.02 Å². The molecule has 1 aromatic heterocycles. The fourth-order valence-electron chi connectivity index (χ4n) is 8.08. The van der Waals surface area contributed by atoms with Gasteiger partial charge < -0.3 is 18.8 Å². The van der Waals surface area contributed by atoms with Gasteiger partial charge in [0.05, 0.1) is 34.3 Å². The van der Waals surface area contributed by atoms with Gasteiger partial charge in [-0.2, -0.15) is 0 Å². The van der Waals surface area contributed by atoms with Crippen molar-refractivity contribution in [1.82, 2.24) is 9.71 Å². The molecule has 1 amide bonds. The van der Waals surface area contributed by atoms with Gasteiger partial charge in [0.2, 0.25) is 5.89 Å². The number of benzene rings is 2. The Labute approximate surface area is 283 Å². The molecule has 2 bridgehead atoms. The molecule has 10 heteroatoms. The summed E-state index contributed by atoms with van der Waals surface area (Å²) in [7, 11) is -2.90. The van der Waals surface area contributed by atoms with Gasteiger partial charge in [0.15, 0.2) is 0 Å². The van der Waals surface area contributed by atoms with E-state index in [1.165, 1.54) is 11.1 Å². The number of anilines is 1. The Morgan fingerprint density at radius 3 is 2.89 bits per heavy atom. The highest BCUT2D eigenvalue weighted by Gasteiger charge is 2.44. The number of nitrogens with one attached hydrogen (secondary N) is 1. The second-order valence-corrected chi connectivity index (χ2v) is 16.4. The number of aromatic nitrogens is 1. The summed E-state index contributed by atoms with van der Waals surface area (Å²) in [4.78, 5) is 20.4. The van der Waals surface area contributed by atoms with Gasteiger partial charge in [0, 0.05) is 34.3 Å². The first-order valence-corrected chi connectivity index (χ1v) is 19.1. The van der Waals surface area contributed by atoms with Crippen LogP contribution in [0.25, 0.3) is 0 Å². The number of carbonyl (C=O) groups is 1. The number of ether oxygens (including phenoxy) is 2. The molecule has 3 aromatic rings. The quantitative estimate of drug-likeness (QED) is 0.237. The van der Waals surface area contributed by atoms with Crippen molar-refractivity contribution in [3.05, 3.63) is 88.6 Å². The maximum Gasteiger partial charge on any atom is 0.262 e. The van der Waals surface area contributed by atoms with Crippen molar-refractivity contribution in [3.8, 4) is 5.75 Å². The Bertz CT molecular complexity index is 1740. The summed E-state index contributed by atoms with van der Waals surface area (Å²) >= 11 is 6.46. The number of aryl methyl sites for hydroxylation is 1. The predicted octanol–water partition coefficient (Wildman–Crippen LogP) is 6.90. The molecule has 2 aliphatic carbocycles. The number of nitrogens with zero attached hydrogens (tertiary/aromatic N) is 2. The van der Waals surface area contributed by atoms with Crippen molar-refractivity contribution in [2.75, 3.05) is 24.6 Å². The Hall–Kier alpha value is -3.27. The maximum atomic E-state index is 13.8. The van der Waals surface area contributed by atoms with Crippen molar-refractivity contribution in [2.24, 2.45) is 11.8 Å². The number of oxazole rings is 1. The molecule has 6 atom stereocenters. The van der Waals surface area contributed by atoms with Crippen LogP contribution in [0, 0.1) is 11.8 Å². The van der Waals surface area contributed by atoms with Gasteiger partial charge in [-0.3, -0.25) is 9.52 Å². The summed E-state index contributed by atoms with van der Waals surface area (Å²) in [6, 6.07) is 11.9. The molecule has 3 heterocycles. The second kappa shape index (κ2) is 13.3. The third-order valence-electron chi connectivity index (χ3n) is 10.8. The highest BCUT2D eigenvalue weighted by atomic mass is 35.5. The van der Waals surface area contributed by atoms with Gasteiger partial charge in [-0.1, -0.05) is 36.7 Å². The lowest BCUT2D eigenvalue weighted by molar-refractivity contribution is -0.0293. The zero-order valence-electron chi connectivity index (χ0n) is 27.0. The Kier molecular flexibility index (Phi) is 9.15. The zero-order chi connectivity index (χ0) is 32.6. The van der Waals surface area contributed by atoms with Crippen LogP contribution < -0.4 is 14.4 Å². The lowest BCUT2D eigenvalue weighted by atomic mass is 9.68. The topological polar surface area (TPSA) is 93.9 Å². The first-order chi connectivity index (χ1) is 22.7. The standard InChI is InChI=1S/C37H44ClN3O5S/c1-3-29-8-4-5-9-33(45-22-35-39-17-18-44-35)30-13-10-27(30)21-41-23-37(16-6-7-25-19-28(38)12-14-31(25)37)24-46-34-15-11-26(20-32(34)41)36(42)40-47(29,2)43/h5,9,11-12,14-15,17-20,27,29-30,33H,2-4,6-8,10,13,16,21-24H2,1H3,(H,40,42,43)/b9-5+/t27-,29+,30+,33-,37-,47?/m0/s1. The van der Waals surface area contributed by atoms with Gasteiger partial charge in [0.25, 0.3) is 5.91 Å². The number of hydrogen-bond acceptors (Lipinski definition) is 7. The molecular formula is C37H44ClN3O5S. The number of halogens is 1. The van der Waals surface area contributed by atoms with E-state index >= 15 is 0 Å². The van der Waals surface area contributed by atoms with E-state index in [-0.39, 0.29) is 22.7 Å². The van der Waals surface area contributed by atoms with E-state index in [4.69, 9.17) is 25.5 Å². The molecule has 0 radical (unpaired) electrons. The number of fused-ring (bicyclic) bond motifs is 4. The Balaban J connectivity index is 1.28. The van der Waals surface area contributed by atoms with Gasteiger partial charge in [-0.25, -0.2) is 9.19 Å². The monoisotopic (exact) mass is 677 g/mol. The van der Waals surface area contributed by atoms with E-state index in [0.29, 0.717) is 55.8 Å². The molecule has 1 spiro atoms. The predicted molar refractivity (Wildman–Crippen MR) is 187 cm³/mol. The van der Waals surface area contributed by atoms with Crippen molar-refractivity contribution < 1.29 is 22.9 Å². The molecule has 1 unspecified atom stereocenters. The maximum absolute atomic E-state index is 13.8. The summed E-state index contributed by atoms with van der Waals surface area (Å²) in [5.74, 6) is 5.65. The molecule has 7 rings (SSSR count). The molecule has 250 valence electrons. The van der Waals surface area contributed by atoms with Crippen molar-refractivity contribution >= 4 is 38.8 Å². The number of rotatable bonds is 4. The largest absolute Gasteiger partial charge is 0.490 e. The van der Waals surface area contributed by atoms with Crippen LogP contribution in [0.15, 0.2) is 65.4 Å². The number of hydrogen-bond donors (Lipinski definition) is 1. The molecule has 0 saturated heterocycles. The van der Waals surface area contributed by atoms with Crippen molar-refractivity contribution in [2.45, 2.75) is 81.7 Å².